The van der Waals surface area contributed by atoms with E-state index >= 15 is 0 Å². The summed E-state index contributed by atoms with van der Waals surface area (Å²) in [5.74, 6) is 0.737. The van der Waals surface area contributed by atoms with Crippen LogP contribution in [0.25, 0.3) is 0 Å². The number of hydrogen-bond donors (Lipinski definition) is 2. The topological polar surface area (TPSA) is 49.9 Å². The lowest BCUT2D eigenvalue weighted by molar-refractivity contribution is 0.0497. The molecule has 1 saturated heterocycles. The number of nitrogens with one attached hydrogen (secondary N) is 2. The average Bonchev–Trinajstić information content (AvgIpc) is 3.02. The molecule has 1 aliphatic rings. The fourth-order valence-corrected chi connectivity index (χ4v) is 2.95. The van der Waals surface area contributed by atoms with Gasteiger partial charge in [0.25, 0.3) is 0 Å². The van der Waals surface area contributed by atoms with E-state index in [1.54, 1.807) is 18.3 Å². The van der Waals surface area contributed by atoms with Crippen LogP contribution in [0.3, 0.4) is 0 Å². The predicted octanol–water partition coefficient (Wildman–Crippen LogP) is 2.39. The molecule has 0 saturated carbocycles. The fraction of sp³-hybridized carbons (Fsp3) is 0.438. The number of aromatic amines is 1. The smallest absolute Gasteiger partial charge is 0.123 e. The van der Waals surface area contributed by atoms with Crippen molar-refractivity contribution < 1.29 is 9.13 Å². The maximum atomic E-state index is 13.2. The van der Waals surface area contributed by atoms with E-state index in [1.807, 2.05) is 18.3 Å². The van der Waals surface area contributed by atoms with Gasteiger partial charge in [0.2, 0.25) is 0 Å². The van der Waals surface area contributed by atoms with E-state index in [-0.39, 0.29) is 11.2 Å². The third-order valence-electron chi connectivity index (χ3n) is 4.22. The lowest BCUT2D eigenvalue weighted by atomic mass is 9.74. The first-order chi connectivity index (χ1) is 10.3. The summed E-state index contributed by atoms with van der Waals surface area (Å²) in [6.07, 6.45) is 5.47. The minimum Gasteiger partial charge on any atom is -0.381 e. The van der Waals surface area contributed by atoms with Crippen LogP contribution in [0.1, 0.15) is 24.2 Å². The molecule has 2 heterocycles. The summed E-state index contributed by atoms with van der Waals surface area (Å²) in [6, 6.07) is 6.88. The highest BCUT2D eigenvalue weighted by molar-refractivity contribution is 5.27. The summed E-state index contributed by atoms with van der Waals surface area (Å²) < 4.78 is 18.7. The number of ether oxygens (including phenoxy) is 1. The first kappa shape index (κ1) is 14.2. The van der Waals surface area contributed by atoms with E-state index in [1.165, 1.54) is 5.56 Å². The van der Waals surface area contributed by atoms with E-state index in [0.717, 1.165) is 38.4 Å². The average molecular weight is 289 g/mol. The third kappa shape index (κ3) is 3.31. The number of benzene rings is 1. The molecule has 0 unspecified atom stereocenters. The van der Waals surface area contributed by atoms with Crippen molar-refractivity contribution in [2.24, 2.45) is 0 Å². The first-order valence-corrected chi connectivity index (χ1v) is 7.31. The van der Waals surface area contributed by atoms with Gasteiger partial charge in [-0.3, -0.25) is 0 Å². The van der Waals surface area contributed by atoms with Crippen molar-refractivity contribution in [3.63, 3.8) is 0 Å². The number of hydrogen-bond acceptors (Lipinski definition) is 3. The second kappa shape index (κ2) is 6.37. The van der Waals surface area contributed by atoms with Crippen LogP contribution in [-0.4, -0.2) is 29.7 Å². The van der Waals surface area contributed by atoms with Crippen LogP contribution >= 0.6 is 0 Å². The summed E-state index contributed by atoms with van der Waals surface area (Å²) in [5.41, 5.74) is 1.19. The molecule has 112 valence electrons. The predicted molar refractivity (Wildman–Crippen MR) is 78.4 cm³/mol. The molecule has 0 spiro atoms. The molecule has 4 nitrogen and oxygen atoms in total. The molecule has 0 aliphatic carbocycles. The number of rotatable bonds is 5. The zero-order valence-corrected chi connectivity index (χ0v) is 11.9. The maximum absolute atomic E-state index is 13.2. The molecule has 2 N–H and O–H groups in total. The van der Waals surface area contributed by atoms with Gasteiger partial charge in [-0.05, 0) is 30.5 Å². The lowest BCUT2D eigenvalue weighted by Crippen LogP contribution is -2.42. The summed E-state index contributed by atoms with van der Waals surface area (Å²) in [4.78, 5) is 7.30. The molecule has 1 aliphatic heterocycles. The van der Waals surface area contributed by atoms with Crippen molar-refractivity contribution in [2.75, 3.05) is 19.8 Å². The molecule has 1 aromatic heterocycles. The van der Waals surface area contributed by atoms with Crippen molar-refractivity contribution in [3.8, 4) is 0 Å². The molecule has 5 heteroatoms. The lowest BCUT2D eigenvalue weighted by Gasteiger charge is -2.38. The number of nitrogens with zero attached hydrogens (tertiary/aromatic N) is 1. The van der Waals surface area contributed by atoms with E-state index in [9.17, 15) is 4.39 Å². The molecule has 1 aromatic carbocycles. The van der Waals surface area contributed by atoms with Gasteiger partial charge >= 0.3 is 0 Å². The normalized spacial score (nSPS) is 17.8. The van der Waals surface area contributed by atoms with Gasteiger partial charge in [0.05, 0.1) is 6.54 Å². The van der Waals surface area contributed by atoms with Gasteiger partial charge in [-0.1, -0.05) is 12.1 Å². The minimum atomic E-state index is -0.190. The third-order valence-corrected chi connectivity index (χ3v) is 4.22. The Morgan fingerprint density at radius 2 is 2.00 bits per heavy atom. The monoisotopic (exact) mass is 289 g/mol. The first-order valence-electron chi connectivity index (χ1n) is 7.31. The minimum absolute atomic E-state index is 0.0124. The van der Waals surface area contributed by atoms with Crippen LogP contribution < -0.4 is 5.32 Å². The van der Waals surface area contributed by atoms with Crippen molar-refractivity contribution in [1.29, 1.82) is 0 Å². The van der Waals surface area contributed by atoms with E-state index < -0.39 is 0 Å². The highest BCUT2D eigenvalue weighted by Crippen LogP contribution is 2.34. The Bertz CT molecular complexity index is 547. The second-order valence-electron chi connectivity index (χ2n) is 5.54. The largest absolute Gasteiger partial charge is 0.381 e. The van der Waals surface area contributed by atoms with Crippen LogP contribution in [0.5, 0.6) is 0 Å². The quantitative estimate of drug-likeness (QED) is 0.888. The zero-order valence-electron chi connectivity index (χ0n) is 11.9. The Kier molecular flexibility index (Phi) is 4.31. The van der Waals surface area contributed by atoms with Gasteiger partial charge in [0, 0.05) is 37.6 Å². The van der Waals surface area contributed by atoms with Crippen molar-refractivity contribution in [2.45, 2.75) is 24.8 Å². The van der Waals surface area contributed by atoms with Gasteiger partial charge < -0.3 is 15.0 Å². The van der Waals surface area contributed by atoms with Crippen molar-refractivity contribution >= 4 is 0 Å². The van der Waals surface area contributed by atoms with Crippen LogP contribution in [0.2, 0.25) is 0 Å². The highest BCUT2D eigenvalue weighted by Gasteiger charge is 2.34. The van der Waals surface area contributed by atoms with Crippen LogP contribution in [0.4, 0.5) is 4.39 Å². The second-order valence-corrected chi connectivity index (χ2v) is 5.54. The Hall–Kier alpha value is -1.72. The number of halogens is 1. The van der Waals surface area contributed by atoms with Crippen molar-refractivity contribution in [1.82, 2.24) is 15.3 Å². The maximum Gasteiger partial charge on any atom is 0.123 e. The molecule has 0 bridgehead atoms. The Balaban J connectivity index is 1.71. The Morgan fingerprint density at radius 1 is 1.24 bits per heavy atom. The van der Waals surface area contributed by atoms with Crippen molar-refractivity contribution in [3.05, 3.63) is 53.9 Å². The molecule has 0 radical (unpaired) electrons. The summed E-state index contributed by atoms with van der Waals surface area (Å²) in [6.45, 7) is 3.04. The van der Waals surface area contributed by atoms with Gasteiger partial charge in [-0.2, -0.15) is 0 Å². The zero-order chi connectivity index (χ0) is 14.5. The molecule has 1 fully saturated rings. The van der Waals surface area contributed by atoms with Gasteiger partial charge in [-0.15, -0.1) is 0 Å². The van der Waals surface area contributed by atoms with E-state index in [4.69, 9.17) is 4.74 Å². The van der Waals surface area contributed by atoms with Crippen LogP contribution in [-0.2, 0) is 16.7 Å². The molecule has 2 aromatic rings. The fourth-order valence-electron chi connectivity index (χ4n) is 2.95. The van der Waals surface area contributed by atoms with Gasteiger partial charge in [-0.25, -0.2) is 9.37 Å². The SMILES string of the molecule is Fc1ccc(C2(CNCc3ncc[nH]3)CCOCC2)cc1. The molecular weight excluding hydrogens is 269 g/mol. The summed E-state index contributed by atoms with van der Waals surface area (Å²) >= 11 is 0. The molecule has 21 heavy (non-hydrogen) atoms. The highest BCUT2D eigenvalue weighted by atomic mass is 19.1. The summed E-state index contributed by atoms with van der Waals surface area (Å²) in [7, 11) is 0. The van der Waals surface area contributed by atoms with Crippen LogP contribution in [0, 0.1) is 5.82 Å². The van der Waals surface area contributed by atoms with E-state index in [0.29, 0.717) is 6.54 Å². The standard InChI is InChI=1S/C16H20FN3O/c17-14-3-1-13(2-4-14)16(5-9-21-10-6-16)12-18-11-15-19-7-8-20-15/h1-4,7-8,18H,5-6,9-12H2,(H,19,20). The summed E-state index contributed by atoms with van der Waals surface area (Å²) in [5, 5.41) is 3.47. The number of aromatic nitrogens is 2. The molecule has 0 amide bonds. The van der Waals surface area contributed by atoms with Gasteiger partial charge in [0.15, 0.2) is 0 Å². The Labute approximate surface area is 123 Å². The molecule has 0 atom stereocenters. The Morgan fingerprint density at radius 3 is 2.67 bits per heavy atom. The number of H-pyrrole nitrogens is 1. The van der Waals surface area contributed by atoms with Gasteiger partial charge in [0.1, 0.15) is 11.6 Å². The van der Waals surface area contributed by atoms with Crippen LogP contribution in [0.15, 0.2) is 36.7 Å². The number of imidazole rings is 1. The van der Waals surface area contributed by atoms with E-state index in [2.05, 4.69) is 15.3 Å². The molecular formula is C16H20FN3O. The molecule has 3 rings (SSSR count).